The topological polar surface area (TPSA) is 35.0 Å². The van der Waals surface area contributed by atoms with Gasteiger partial charge in [-0.05, 0) is 87.2 Å². The second-order valence-electron chi connectivity index (χ2n) is 10.1. The van der Waals surface area contributed by atoms with E-state index >= 15 is 0 Å². The number of benzene rings is 4. The molecule has 8 rings (SSSR count). The fraction of sp³-hybridized carbons (Fsp3) is 0.0667. The lowest BCUT2D eigenvalue weighted by molar-refractivity contribution is -0.138. The van der Waals surface area contributed by atoms with Crippen LogP contribution in [0.25, 0.3) is 22.3 Å². The summed E-state index contributed by atoms with van der Waals surface area (Å²) in [4.78, 5) is 10.9. The van der Waals surface area contributed by atoms with Crippen molar-refractivity contribution in [1.82, 2.24) is 9.97 Å². The molecule has 3 nitrogen and oxygen atoms in total. The highest BCUT2D eigenvalue weighted by Crippen LogP contribution is 2.46. The summed E-state index contributed by atoms with van der Waals surface area (Å²) >= 11 is 2.94. The van der Waals surface area contributed by atoms with Crippen LogP contribution in [0.5, 0.6) is 11.5 Å². The molecule has 0 radical (unpaired) electrons. The molecule has 3 aliphatic rings. The average Bonchev–Trinajstić information content (AvgIpc) is 2.96. The molecule has 0 fully saturated rings. The van der Waals surface area contributed by atoms with Gasteiger partial charge in [0.15, 0.2) is 0 Å². The van der Waals surface area contributed by atoms with Crippen LogP contribution in [0, 0.1) is 0 Å². The second kappa shape index (κ2) is 8.81. The Morgan fingerprint density at radius 2 is 0.976 bits per heavy atom. The highest BCUT2D eigenvalue weighted by molar-refractivity contribution is 8.01. The lowest BCUT2D eigenvalue weighted by atomic mass is 9.35. The maximum absolute atomic E-state index is 13.2. The van der Waals surface area contributed by atoms with Crippen LogP contribution in [0.15, 0.2) is 99.0 Å². The third-order valence-corrected chi connectivity index (χ3v) is 9.76. The van der Waals surface area contributed by atoms with E-state index in [4.69, 9.17) is 4.74 Å². The second-order valence-corrected chi connectivity index (χ2v) is 12.1. The summed E-state index contributed by atoms with van der Waals surface area (Å²) in [5, 5.41) is 1.59. The third-order valence-electron chi connectivity index (χ3n) is 7.61. The van der Waals surface area contributed by atoms with Gasteiger partial charge in [0.2, 0.25) is 0 Å². The molecule has 206 valence electrons. The van der Waals surface area contributed by atoms with Crippen LogP contribution in [-0.2, 0) is 12.4 Å². The van der Waals surface area contributed by atoms with E-state index in [0.717, 1.165) is 60.5 Å². The first kappa shape index (κ1) is 25.8. The summed E-state index contributed by atoms with van der Waals surface area (Å²) < 4.78 is 85.6. The normalized spacial score (nSPS) is 14.4. The standard InChI is InChI=1S/C30H13BF6N2OS2/c32-29(33,34)18-5-1-14(2-6-18)16-9-20-24-22(11-16)41-27-26-28(39-13-38-27)42-23-12-17(10-21(40-20)25(23)31(24)26)15-3-7-19(8-4-15)30(35,36)37/h1-13H. The van der Waals surface area contributed by atoms with Crippen molar-refractivity contribution in [3.8, 4) is 33.8 Å². The van der Waals surface area contributed by atoms with Gasteiger partial charge in [-0.25, -0.2) is 9.97 Å². The van der Waals surface area contributed by atoms with E-state index in [9.17, 15) is 26.3 Å². The van der Waals surface area contributed by atoms with Crippen LogP contribution in [0.3, 0.4) is 0 Å². The van der Waals surface area contributed by atoms with Crippen LogP contribution in [0.4, 0.5) is 26.3 Å². The lowest BCUT2D eigenvalue weighted by Gasteiger charge is -2.37. The number of hydrogen-bond acceptors (Lipinski definition) is 5. The van der Waals surface area contributed by atoms with E-state index in [0.29, 0.717) is 33.8 Å². The van der Waals surface area contributed by atoms with Crippen molar-refractivity contribution in [2.24, 2.45) is 0 Å². The number of hydrogen-bond donors (Lipinski definition) is 0. The Balaban J connectivity index is 1.29. The Morgan fingerprint density at radius 1 is 0.548 bits per heavy atom. The molecule has 3 aliphatic heterocycles. The van der Waals surface area contributed by atoms with Crippen molar-refractivity contribution in [1.29, 1.82) is 0 Å². The third kappa shape index (κ3) is 3.95. The van der Waals surface area contributed by atoms with E-state index < -0.39 is 23.5 Å². The highest BCUT2D eigenvalue weighted by Gasteiger charge is 2.46. The Kier molecular flexibility index (Phi) is 5.41. The first-order valence-electron chi connectivity index (χ1n) is 12.6. The van der Waals surface area contributed by atoms with Gasteiger partial charge in [-0.1, -0.05) is 47.8 Å². The zero-order chi connectivity index (χ0) is 29.0. The molecule has 0 N–H and O–H groups in total. The monoisotopic (exact) mass is 606 g/mol. The van der Waals surface area contributed by atoms with E-state index in [1.54, 1.807) is 0 Å². The number of rotatable bonds is 2. The largest absolute Gasteiger partial charge is 0.458 e. The minimum absolute atomic E-state index is 0.217. The Bertz CT molecular complexity index is 1810. The molecular formula is C30H13BF6N2OS2. The molecule has 1 aromatic heterocycles. The number of nitrogens with zero attached hydrogens (tertiary/aromatic N) is 2. The molecule has 5 aromatic rings. The van der Waals surface area contributed by atoms with Gasteiger partial charge in [-0.3, -0.25) is 0 Å². The zero-order valence-electron chi connectivity index (χ0n) is 21.0. The van der Waals surface area contributed by atoms with Crippen molar-refractivity contribution < 1.29 is 31.1 Å². The summed E-state index contributed by atoms with van der Waals surface area (Å²) in [6.45, 7) is -0.217. The van der Waals surface area contributed by atoms with Crippen LogP contribution in [0.1, 0.15) is 11.1 Å². The summed E-state index contributed by atoms with van der Waals surface area (Å²) in [5.41, 5.74) is 3.98. The number of aromatic nitrogens is 2. The lowest BCUT2D eigenvalue weighted by Crippen LogP contribution is -2.60. The maximum Gasteiger partial charge on any atom is 0.416 e. The molecule has 0 bridgehead atoms. The van der Waals surface area contributed by atoms with E-state index in [1.165, 1.54) is 54.1 Å². The van der Waals surface area contributed by atoms with E-state index in [-0.39, 0.29) is 6.71 Å². The highest BCUT2D eigenvalue weighted by atomic mass is 32.2. The quantitative estimate of drug-likeness (QED) is 0.117. The molecule has 4 heterocycles. The maximum atomic E-state index is 13.2. The number of ether oxygens (including phenoxy) is 1. The summed E-state index contributed by atoms with van der Waals surface area (Å²) in [7, 11) is 0. The van der Waals surface area contributed by atoms with Gasteiger partial charge >= 0.3 is 12.4 Å². The van der Waals surface area contributed by atoms with E-state index in [1.807, 2.05) is 24.3 Å². The predicted octanol–water partition coefficient (Wildman–Crippen LogP) is 7.40. The van der Waals surface area contributed by atoms with Gasteiger partial charge in [0.25, 0.3) is 6.71 Å². The SMILES string of the molecule is FC(F)(F)c1ccc(-c2cc3c4c(c2)Sc2ncnc5c2B4c2c(cc(-c4ccc(C(F)(F)F)cc4)cc2S5)O3)cc1. The van der Waals surface area contributed by atoms with Crippen molar-refractivity contribution >= 4 is 46.6 Å². The van der Waals surface area contributed by atoms with Crippen LogP contribution < -0.4 is 21.1 Å². The molecule has 0 unspecified atom stereocenters. The molecule has 42 heavy (non-hydrogen) atoms. The predicted molar refractivity (Wildman–Crippen MR) is 149 cm³/mol. The first-order chi connectivity index (χ1) is 20.0. The smallest absolute Gasteiger partial charge is 0.416 e. The fourth-order valence-electron chi connectivity index (χ4n) is 5.68. The van der Waals surface area contributed by atoms with Gasteiger partial charge in [0.1, 0.15) is 27.9 Å². The molecule has 0 atom stereocenters. The van der Waals surface area contributed by atoms with Gasteiger partial charge in [0.05, 0.1) is 11.1 Å². The molecular weight excluding hydrogens is 593 g/mol. The van der Waals surface area contributed by atoms with Gasteiger partial charge in [-0.2, -0.15) is 26.3 Å². The van der Waals surface area contributed by atoms with Gasteiger partial charge in [-0.15, -0.1) is 0 Å². The summed E-state index contributed by atoms with van der Waals surface area (Å²) in [6.07, 6.45) is -7.37. The molecule has 0 aliphatic carbocycles. The molecule has 0 saturated carbocycles. The Morgan fingerprint density at radius 3 is 1.38 bits per heavy atom. The minimum Gasteiger partial charge on any atom is -0.458 e. The van der Waals surface area contributed by atoms with Crippen molar-refractivity contribution in [3.05, 3.63) is 90.3 Å². The van der Waals surface area contributed by atoms with E-state index in [2.05, 4.69) is 9.97 Å². The molecule has 0 saturated heterocycles. The van der Waals surface area contributed by atoms with Crippen molar-refractivity contribution in [2.45, 2.75) is 32.2 Å². The summed E-state index contributed by atoms with van der Waals surface area (Å²) in [6, 6.07) is 17.5. The van der Waals surface area contributed by atoms with Crippen molar-refractivity contribution in [2.75, 3.05) is 0 Å². The number of alkyl halides is 6. The molecule has 12 heteroatoms. The molecule has 0 spiro atoms. The molecule has 0 amide bonds. The zero-order valence-corrected chi connectivity index (χ0v) is 22.6. The first-order valence-corrected chi connectivity index (χ1v) is 14.3. The van der Waals surface area contributed by atoms with Gasteiger partial charge < -0.3 is 4.74 Å². The Labute approximate surface area is 243 Å². The van der Waals surface area contributed by atoms with Crippen LogP contribution >= 0.6 is 23.5 Å². The van der Waals surface area contributed by atoms with Crippen LogP contribution in [0.2, 0.25) is 0 Å². The van der Waals surface area contributed by atoms with Crippen LogP contribution in [-0.4, -0.2) is 16.7 Å². The Hall–Kier alpha value is -3.90. The van der Waals surface area contributed by atoms with Crippen molar-refractivity contribution in [3.63, 3.8) is 0 Å². The minimum atomic E-state index is -4.44. The molecule has 4 aromatic carbocycles. The summed E-state index contributed by atoms with van der Waals surface area (Å²) in [5.74, 6) is 1.13. The fourth-order valence-corrected chi connectivity index (χ4v) is 8.04. The average molecular weight is 606 g/mol. The number of halogens is 6. The van der Waals surface area contributed by atoms with Gasteiger partial charge in [0, 0.05) is 9.79 Å².